The molecule has 2 atom stereocenters. The average Bonchev–Trinajstić information content (AvgIpc) is 2.50. The first-order valence-corrected chi connectivity index (χ1v) is 7.97. The molecule has 1 aliphatic rings. The molecule has 0 saturated carbocycles. The number of hydrazine groups is 1. The lowest BCUT2D eigenvalue weighted by Crippen LogP contribution is -2.57. The molecule has 0 amide bonds. The Bertz CT molecular complexity index is 431. The molecular formula is C16H26ClN3. The smallest absolute Gasteiger partial charge is 0.0655 e. The minimum absolute atomic E-state index is 0.0137. The number of hydrogen-bond donors (Lipinski definition) is 2. The van der Waals surface area contributed by atoms with Gasteiger partial charge in [-0.3, -0.25) is 16.2 Å². The molecule has 3 N–H and O–H groups in total. The molecule has 1 aromatic carbocycles. The van der Waals surface area contributed by atoms with Gasteiger partial charge in [-0.1, -0.05) is 43.1 Å². The Hall–Kier alpha value is -0.610. The second-order valence-electron chi connectivity index (χ2n) is 5.88. The van der Waals surface area contributed by atoms with Gasteiger partial charge in [0.05, 0.1) is 6.04 Å². The number of likely N-dealkylation sites (tertiary alicyclic amines) is 1. The number of nitrogens with zero attached hydrogens (tertiary/aromatic N) is 1. The number of piperidine rings is 1. The minimum atomic E-state index is -0.0137. The van der Waals surface area contributed by atoms with Crippen molar-refractivity contribution >= 4 is 11.6 Å². The first-order chi connectivity index (χ1) is 9.63. The van der Waals surface area contributed by atoms with Crippen LogP contribution in [0.2, 0.25) is 5.02 Å². The first kappa shape index (κ1) is 15.8. The normalized spacial score (nSPS) is 21.4. The Kier molecular flexibility index (Phi) is 5.44. The quantitative estimate of drug-likeness (QED) is 0.645. The lowest BCUT2D eigenvalue weighted by molar-refractivity contribution is 0.0424. The third-order valence-corrected chi connectivity index (χ3v) is 5.14. The lowest BCUT2D eigenvalue weighted by Gasteiger charge is -2.48. The summed E-state index contributed by atoms with van der Waals surface area (Å²) in [6.45, 7) is 6.82. The number of rotatable bonds is 5. The number of halogens is 1. The monoisotopic (exact) mass is 295 g/mol. The molecule has 0 bridgehead atoms. The van der Waals surface area contributed by atoms with E-state index >= 15 is 0 Å². The van der Waals surface area contributed by atoms with Crippen LogP contribution < -0.4 is 11.3 Å². The van der Waals surface area contributed by atoms with Gasteiger partial charge in [0.1, 0.15) is 0 Å². The summed E-state index contributed by atoms with van der Waals surface area (Å²) < 4.78 is 0. The van der Waals surface area contributed by atoms with Gasteiger partial charge in [-0.2, -0.15) is 0 Å². The van der Waals surface area contributed by atoms with E-state index in [1.807, 2.05) is 18.2 Å². The molecule has 1 fully saturated rings. The zero-order valence-electron chi connectivity index (χ0n) is 12.5. The van der Waals surface area contributed by atoms with Crippen LogP contribution in [0.4, 0.5) is 0 Å². The predicted octanol–water partition coefficient (Wildman–Crippen LogP) is 3.50. The molecule has 2 rings (SSSR count). The second-order valence-corrected chi connectivity index (χ2v) is 6.29. The summed E-state index contributed by atoms with van der Waals surface area (Å²) in [5.74, 6) is 5.91. The van der Waals surface area contributed by atoms with Crippen molar-refractivity contribution < 1.29 is 0 Å². The topological polar surface area (TPSA) is 41.3 Å². The molecule has 0 aliphatic carbocycles. The molecule has 20 heavy (non-hydrogen) atoms. The molecule has 1 heterocycles. The van der Waals surface area contributed by atoms with Crippen LogP contribution >= 0.6 is 11.6 Å². The van der Waals surface area contributed by atoms with Crippen molar-refractivity contribution in [3.63, 3.8) is 0 Å². The maximum atomic E-state index is 6.39. The molecule has 1 saturated heterocycles. The summed E-state index contributed by atoms with van der Waals surface area (Å²) in [4.78, 5) is 2.57. The van der Waals surface area contributed by atoms with Gasteiger partial charge in [0, 0.05) is 10.6 Å². The Labute approximate surface area is 127 Å². The van der Waals surface area contributed by atoms with Gasteiger partial charge in [0.25, 0.3) is 0 Å². The maximum Gasteiger partial charge on any atom is 0.0655 e. The van der Waals surface area contributed by atoms with Crippen molar-refractivity contribution in [1.29, 1.82) is 0 Å². The summed E-state index contributed by atoms with van der Waals surface area (Å²) in [6.07, 6.45) is 4.92. The van der Waals surface area contributed by atoms with E-state index in [1.165, 1.54) is 19.3 Å². The summed E-state index contributed by atoms with van der Waals surface area (Å²) >= 11 is 6.39. The van der Waals surface area contributed by atoms with Crippen molar-refractivity contribution in [3.8, 4) is 0 Å². The zero-order chi connectivity index (χ0) is 14.6. The van der Waals surface area contributed by atoms with Crippen LogP contribution in [0.25, 0.3) is 0 Å². The number of nitrogens with two attached hydrogens (primary N) is 1. The molecule has 1 aliphatic heterocycles. The van der Waals surface area contributed by atoms with Crippen molar-refractivity contribution in [2.24, 2.45) is 5.84 Å². The summed E-state index contributed by atoms with van der Waals surface area (Å²) in [5, 5.41) is 0.784. The van der Waals surface area contributed by atoms with E-state index in [9.17, 15) is 0 Å². The Balaban J connectivity index is 2.33. The number of benzene rings is 1. The maximum absolute atomic E-state index is 6.39. The van der Waals surface area contributed by atoms with E-state index in [4.69, 9.17) is 17.4 Å². The molecule has 0 aromatic heterocycles. The standard InChI is InChI=1S/C16H26ClN3/c1-3-16(2,20-11-7-4-8-12-20)15(19-18)13-9-5-6-10-14(13)17/h5-6,9-10,15,19H,3-4,7-8,11-12,18H2,1-2H3. The highest BCUT2D eigenvalue weighted by atomic mass is 35.5. The van der Waals surface area contributed by atoms with Gasteiger partial charge in [-0.25, -0.2) is 0 Å². The Morgan fingerprint density at radius 2 is 1.95 bits per heavy atom. The van der Waals surface area contributed by atoms with Gasteiger partial charge >= 0.3 is 0 Å². The predicted molar refractivity (Wildman–Crippen MR) is 85.6 cm³/mol. The van der Waals surface area contributed by atoms with E-state index in [2.05, 4.69) is 30.2 Å². The minimum Gasteiger partial charge on any atom is -0.296 e. The summed E-state index contributed by atoms with van der Waals surface area (Å²) in [6, 6.07) is 8.04. The van der Waals surface area contributed by atoms with Crippen molar-refractivity contribution in [2.45, 2.75) is 51.1 Å². The summed E-state index contributed by atoms with van der Waals surface area (Å²) in [5.41, 5.74) is 4.10. The highest BCUT2D eigenvalue weighted by Crippen LogP contribution is 2.38. The van der Waals surface area contributed by atoms with Crippen LogP contribution in [0.3, 0.4) is 0 Å². The first-order valence-electron chi connectivity index (χ1n) is 7.59. The van der Waals surface area contributed by atoms with Gasteiger partial charge in [0.2, 0.25) is 0 Å². The van der Waals surface area contributed by atoms with Gasteiger partial charge in [-0.05, 0) is 50.9 Å². The highest BCUT2D eigenvalue weighted by Gasteiger charge is 2.39. The fourth-order valence-corrected chi connectivity index (χ4v) is 3.57. The van der Waals surface area contributed by atoms with Gasteiger partial charge in [0.15, 0.2) is 0 Å². The summed E-state index contributed by atoms with van der Waals surface area (Å²) in [7, 11) is 0. The van der Waals surface area contributed by atoms with Crippen LogP contribution in [0, 0.1) is 0 Å². The van der Waals surface area contributed by atoms with Gasteiger partial charge < -0.3 is 0 Å². The van der Waals surface area contributed by atoms with E-state index < -0.39 is 0 Å². The highest BCUT2D eigenvalue weighted by molar-refractivity contribution is 6.31. The molecule has 3 nitrogen and oxygen atoms in total. The van der Waals surface area contributed by atoms with Crippen molar-refractivity contribution in [2.75, 3.05) is 13.1 Å². The third-order valence-electron chi connectivity index (χ3n) is 4.80. The van der Waals surface area contributed by atoms with E-state index in [0.717, 1.165) is 30.1 Å². The lowest BCUT2D eigenvalue weighted by atomic mass is 9.82. The van der Waals surface area contributed by atoms with E-state index in [1.54, 1.807) is 0 Å². The number of nitrogens with one attached hydrogen (secondary N) is 1. The molecular weight excluding hydrogens is 270 g/mol. The zero-order valence-corrected chi connectivity index (χ0v) is 13.3. The molecule has 0 spiro atoms. The van der Waals surface area contributed by atoms with Crippen LogP contribution in [0.15, 0.2) is 24.3 Å². The van der Waals surface area contributed by atoms with Crippen LogP contribution in [-0.4, -0.2) is 23.5 Å². The van der Waals surface area contributed by atoms with E-state index in [0.29, 0.717) is 0 Å². The fourth-order valence-electron chi connectivity index (χ4n) is 3.33. The van der Waals surface area contributed by atoms with Crippen LogP contribution in [0.1, 0.15) is 51.1 Å². The largest absolute Gasteiger partial charge is 0.296 e. The second kappa shape index (κ2) is 6.90. The molecule has 112 valence electrons. The van der Waals surface area contributed by atoms with Crippen LogP contribution in [-0.2, 0) is 0 Å². The molecule has 2 unspecified atom stereocenters. The molecule has 1 aromatic rings. The average molecular weight is 296 g/mol. The third kappa shape index (κ3) is 3.01. The number of hydrogen-bond acceptors (Lipinski definition) is 3. The molecule has 4 heteroatoms. The Morgan fingerprint density at radius 1 is 1.30 bits per heavy atom. The van der Waals surface area contributed by atoms with Crippen LogP contribution in [0.5, 0.6) is 0 Å². The SMILES string of the molecule is CCC(C)(C(NN)c1ccccc1Cl)N1CCCCC1. The molecule has 0 radical (unpaired) electrons. The van der Waals surface area contributed by atoms with E-state index in [-0.39, 0.29) is 11.6 Å². The van der Waals surface area contributed by atoms with Crippen molar-refractivity contribution in [3.05, 3.63) is 34.9 Å². The van der Waals surface area contributed by atoms with Gasteiger partial charge in [-0.15, -0.1) is 0 Å². The fraction of sp³-hybridized carbons (Fsp3) is 0.625. The Morgan fingerprint density at radius 3 is 2.50 bits per heavy atom. The van der Waals surface area contributed by atoms with Crippen molar-refractivity contribution in [1.82, 2.24) is 10.3 Å².